The Labute approximate surface area is 87.2 Å². The van der Waals surface area contributed by atoms with Gasteiger partial charge in [0.15, 0.2) is 0 Å². The highest BCUT2D eigenvalue weighted by molar-refractivity contribution is 5.79. The predicted molar refractivity (Wildman–Crippen MR) is 59.1 cm³/mol. The SMILES string of the molecule is CC(C)(N)CC(=O)CC1CCCCC1. The van der Waals surface area contributed by atoms with Crippen molar-refractivity contribution in [1.82, 2.24) is 0 Å². The van der Waals surface area contributed by atoms with Gasteiger partial charge in [-0.05, 0) is 19.8 Å². The lowest BCUT2D eigenvalue weighted by Crippen LogP contribution is -2.35. The minimum absolute atomic E-state index is 0.328. The second kappa shape index (κ2) is 4.92. The highest BCUT2D eigenvalue weighted by atomic mass is 16.1. The zero-order valence-corrected chi connectivity index (χ0v) is 9.51. The molecule has 0 atom stereocenters. The lowest BCUT2D eigenvalue weighted by molar-refractivity contribution is -0.121. The molecule has 0 radical (unpaired) electrons. The van der Waals surface area contributed by atoms with Gasteiger partial charge < -0.3 is 5.73 Å². The van der Waals surface area contributed by atoms with E-state index in [4.69, 9.17) is 5.73 Å². The fraction of sp³-hybridized carbons (Fsp3) is 0.917. The Balaban J connectivity index is 2.25. The number of Topliss-reactive ketones (excluding diaryl/α,β-unsaturated/α-hetero) is 1. The average molecular weight is 197 g/mol. The molecule has 82 valence electrons. The van der Waals surface area contributed by atoms with Crippen LogP contribution in [0.3, 0.4) is 0 Å². The largest absolute Gasteiger partial charge is 0.325 e. The summed E-state index contributed by atoms with van der Waals surface area (Å²) < 4.78 is 0. The van der Waals surface area contributed by atoms with Crippen LogP contribution >= 0.6 is 0 Å². The van der Waals surface area contributed by atoms with E-state index < -0.39 is 0 Å². The molecule has 1 saturated carbocycles. The molecule has 0 amide bonds. The van der Waals surface area contributed by atoms with E-state index in [1.54, 1.807) is 0 Å². The summed E-state index contributed by atoms with van der Waals surface area (Å²) in [6, 6.07) is 0. The fourth-order valence-electron chi connectivity index (χ4n) is 2.29. The van der Waals surface area contributed by atoms with Gasteiger partial charge in [-0.1, -0.05) is 32.1 Å². The van der Waals surface area contributed by atoms with Crippen LogP contribution in [0.2, 0.25) is 0 Å². The van der Waals surface area contributed by atoms with E-state index >= 15 is 0 Å². The fourth-order valence-corrected chi connectivity index (χ4v) is 2.29. The van der Waals surface area contributed by atoms with Crippen LogP contribution in [0, 0.1) is 5.92 Å². The monoisotopic (exact) mass is 197 g/mol. The van der Waals surface area contributed by atoms with Crippen LogP contribution in [0.15, 0.2) is 0 Å². The number of ketones is 1. The van der Waals surface area contributed by atoms with Crippen molar-refractivity contribution >= 4 is 5.78 Å². The number of nitrogens with two attached hydrogens (primary N) is 1. The average Bonchev–Trinajstić information content (AvgIpc) is 2.02. The van der Waals surface area contributed by atoms with Gasteiger partial charge in [-0.25, -0.2) is 0 Å². The third kappa shape index (κ3) is 4.75. The molecule has 2 nitrogen and oxygen atoms in total. The topological polar surface area (TPSA) is 43.1 Å². The first-order valence-corrected chi connectivity index (χ1v) is 5.78. The van der Waals surface area contributed by atoms with Crippen LogP contribution in [0.1, 0.15) is 58.8 Å². The maximum Gasteiger partial charge on any atom is 0.134 e. The smallest absolute Gasteiger partial charge is 0.134 e. The standard InChI is InChI=1S/C12H23NO/c1-12(2,13)9-11(14)8-10-6-4-3-5-7-10/h10H,3-9,13H2,1-2H3. The van der Waals surface area contributed by atoms with Gasteiger partial charge >= 0.3 is 0 Å². The molecule has 1 aliphatic rings. The van der Waals surface area contributed by atoms with Crippen LogP contribution in [0.5, 0.6) is 0 Å². The summed E-state index contributed by atoms with van der Waals surface area (Å²) in [5, 5.41) is 0. The molecule has 1 rings (SSSR count). The van der Waals surface area contributed by atoms with Gasteiger partial charge in [0.05, 0.1) is 0 Å². The molecule has 0 heterocycles. The van der Waals surface area contributed by atoms with Gasteiger partial charge in [0.25, 0.3) is 0 Å². The van der Waals surface area contributed by atoms with E-state index in [2.05, 4.69) is 0 Å². The molecule has 2 N–H and O–H groups in total. The molecule has 2 heteroatoms. The van der Waals surface area contributed by atoms with Crippen molar-refractivity contribution in [3.63, 3.8) is 0 Å². The van der Waals surface area contributed by atoms with E-state index in [1.807, 2.05) is 13.8 Å². The van der Waals surface area contributed by atoms with Crippen molar-refractivity contribution in [2.45, 2.75) is 64.3 Å². The lowest BCUT2D eigenvalue weighted by Gasteiger charge is -2.23. The van der Waals surface area contributed by atoms with Crippen LogP contribution < -0.4 is 5.73 Å². The van der Waals surface area contributed by atoms with Crippen molar-refractivity contribution < 1.29 is 4.79 Å². The maximum atomic E-state index is 11.6. The summed E-state index contributed by atoms with van der Waals surface area (Å²) in [7, 11) is 0. The Morgan fingerprint density at radius 3 is 2.36 bits per heavy atom. The minimum Gasteiger partial charge on any atom is -0.325 e. The highest BCUT2D eigenvalue weighted by Crippen LogP contribution is 2.27. The summed E-state index contributed by atoms with van der Waals surface area (Å²) in [6.07, 6.45) is 7.76. The van der Waals surface area contributed by atoms with Gasteiger partial charge in [0.1, 0.15) is 5.78 Å². The maximum absolute atomic E-state index is 11.6. The van der Waals surface area contributed by atoms with Gasteiger partial charge in [0.2, 0.25) is 0 Å². The third-order valence-corrected chi connectivity index (χ3v) is 2.89. The van der Waals surface area contributed by atoms with Crippen molar-refractivity contribution in [2.24, 2.45) is 11.7 Å². The summed E-state index contributed by atoms with van der Waals surface area (Å²) >= 11 is 0. The van der Waals surface area contributed by atoms with Crippen molar-refractivity contribution in [3.05, 3.63) is 0 Å². The minimum atomic E-state index is -0.328. The molecule has 14 heavy (non-hydrogen) atoms. The van der Waals surface area contributed by atoms with Gasteiger partial charge in [-0.15, -0.1) is 0 Å². The molecule has 1 fully saturated rings. The van der Waals surface area contributed by atoms with Crippen LogP contribution in [-0.4, -0.2) is 11.3 Å². The van der Waals surface area contributed by atoms with Gasteiger partial charge in [-0.3, -0.25) is 4.79 Å². The first-order valence-electron chi connectivity index (χ1n) is 5.78. The Kier molecular flexibility index (Phi) is 4.11. The summed E-state index contributed by atoms with van der Waals surface area (Å²) in [5.74, 6) is 1.00. The summed E-state index contributed by atoms with van der Waals surface area (Å²) in [6.45, 7) is 3.84. The zero-order chi connectivity index (χ0) is 10.6. The van der Waals surface area contributed by atoms with E-state index in [9.17, 15) is 4.79 Å². The molecule has 0 unspecified atom stereocenters. The van der Waals surface area contributed by atoms with E-state index in [0.29, 0.717) is 18.1 Å². The van der Waals surface area contributed by atoms with Crippen molar-refractivity contribution in [1.29, 1.82) is 0 Å². The Bertz CT molecular complexity index is 187. The summed E-state index contributed by atoms with van der Waals surface area (Å²) in [4.78, 5) is 11.6. The van der Waals surface area contributed by atoms with Crippen LogP contribution in [-0.2, 0) is 4.79 Å². The molecule has 0 bridgehead atoms. The van der Waals surface area contributed by atoms with Crippen LogP contribution in [0.25, 0.3) is 0 Å². The quantitative estimate of drug-likeness (QED) is 0.753. The van der Waals surface area contributed by atoms with Crippen molar-refractivity contribution in [3.8, 4) is 0 Å². The number of carbonyl (C=O) groups excluding carboxylic acids is 1. The van der Waals surface area contributed by atoms with E-state index in [-0.39, 0.29) is 5.54 Å². The molecule has 0 saturated heterocycles. The second-order valence-corrected chi connectivity index (χ2v) is 5.41. The Hall–Kier alpha value is -0.370. The normalized spacial score (nSPS) is 19.6. The number of hydrogen-bond donors (Lipinski definition) is 1. The molecule has 0 aromatic carbocycles. The third-order valence-electron chi connectivity index (χ3n) is 2.89. The van der Waals surface area contributed by atoms with Gasteiger partial charge in [-0.2, -0.15) is 0 Å². The lowest BCUT2D eigenvalue weighted by atomic mass is 9.84. The molecule has 0 spiro atoms. The molecule has 0 aromatic rings. The molecular weight excluding hydrogens is 174 g/mol. The molecule has 0 aromatic heterocycles. The van der Waals surface area contributed by atoms with Gasteiger partial charge in [0, 0.05) is 18.4 Å². The summed E-state index contributed by atoms with van der Waals surface area (Å²) in [5.41, 5.74) is 5.49. The number of carbonyl (C=O) groups is 1. The first-order chi connectivity index (χ1) is 6.47. The molecule has 0 aliphatic heterocycles. The Morgan fingerprint density at radius 1 is 1.29 bits per heavy atom. The molecule has 1 aliphatic carbocycles. The highest BCUT2D eigenvalue weighted by Gasteiger charge is 2.21. The zero-order valence-electron chi connectivity index (χ0n) is 9.51. The Morgan fingerprint density at radius 2 is 1.86 bits per heavy atom. The van der Waals surface area contributed by atoms with E-state index in [0.717, 1.165) is 6.42 Å². The van der Waals surface area contributed by atoms with E-state index in [1.165, 1.54) is 32.1 Å². The number of hydrogen-bond acceptors (Lipinski definition) is 2. The molecular formula is C12H23NO. The second-order valence-electron chi connectivity index (χ2n) is 5.41. The first kappa shape index (κ1) is 11.7. The van der Waals surface area contributed by atoms with Crippen molar-refractivity contribution in [2.75, 3.05) is 0 Å². The van der Waals surface area contributed by atoms with Crippen LogP contribution in [0.4, 0.5) is 0 Å². The predicted octanol–water partition coefficient (Wildman–Crippen LogP) is 2.65. The number of rotatable bonds is 4.